The number of nitrogens with zero attached hydrogens (tertiary/aromatic N) is 3. The monoisotopic (exact) mass is 310 g/mol. The summed E-state index contributed by atoms with van der Waals surface area (Å²) < 4.78 is 0. The number of carbonyl (C=O) groups is 2. The second kappa shape index (κ2) is 8.48. The number of piperidine rings is 1. The van der Waals surface area contributed by atoms with Crippen LogP contribution in [0.3, 0.4) is 0 Å². The summed E-state index contributed by atoms with van der Waals surface area (Å²) in [4.78, 5) is 30.8. The van der Waals surface area contributed by atoms with Gasteiger partial charge in [-0.15, -0.1) is 0 Å². The van der Waals surface area contributed by atoms with Crippen molar-refractivity contribution in [1.82, 2.24) is 20.0 Å². The van der Waals surface area contributed by atoms with E-state index in [1.807, 2.05) is 23.6 Å². The van der Waals surface area contributed by atoms with Gasteiger partial charge in [0.25, 0.3) is 0 Å². The highest BCUT2D eigenvalue weighted by molar-refractivity contribution is 5.80. The van der Waals surface area contributed by atoms with E-state index >= 15 is 0 Å². The first kappa shape index (κ1) is 17.2. The van der Waals surface area contributed by atoms with Gasteiger partial charge in [-0.2, -0.15) is 0 Å². The minimum Gasteiger partial charge on any atom is -0.342 e. The molecule has 2 aliphatic heterocycles. The fraction of sp³-hybridized carbons (Fsp3) is 0.875. The van der Waals surface area contributed by atoms with Crippen LogP contribution in [-0.4, -0.2) is 85.4 Å². The maximum absolute atomic E-state index is 12.6. The predicted molar refractivity (Wildman–Crippen MR) is 86.5 cm³/mol. The zero-order valence-corrected chi connectivity index (χ0v) is 14.0. The fourth-order valence-electron chi connectivity index (χ4n) is 3.41. The molecule has 0 aromatic heterocycles. The standard InChI is InChI=1S/C16H30N4O2/c1-3-19(4-2)15(21)13-18-9-5-6-14(12-18)16(22)20-10-7-17-8-11-20/h14,17H,3-13H2,1-2H3. The molecule has 2 heterocycles. The molecule has 0 bridgehead atoms. The van der Waals surface area contributed by atoms with Crippen LogP contribution < -0.4 is 5.32 Å². The average Bonchev–Trinajstić information content (AvgIpc) is 2.56. The van der Waals surface area contributed by atoms with Crippen molar-refractivity contribution in [3.8, 4) is 0 Å². The number of hydrogen-bond donors (Lipinski definition) is 1. The van der Waals surface area contributed by atoms with Gasteiger partial charge in [-0.1, -0.05) is 0 Å². The van der Waals surface area contributed by atoms with E-state index in [4.69, 9.17) is 0 Å². The molecule has 2 rings (SSSR count). The second-order valence-electron chi connectivity index (χ2n) is 6.22. The van der Waals surface area contributed by atoms with E-state index in [1.54, 1.807) is 0 Å². The number of hydrogen-bond acceptors (Lipinski definition) is 4. The number of piperazine rings is 1. The van der Waals surface area contributed by atoms with Crippen LogP contribution in [0.15, 0.2) is 0 Å². The molecule has 0 aromatic rings. The molecule has 1 unspecified atom stereocenters. The average molecular weight is 310 g/mol. The van der Waals surface area contributed by atoms with E-state index in [0.717, 1.165) is 65.2 Å². The minimum absolute atomic E-state index is 0.0661. The number of rotatable bonds is 5. The first-order valence-electron chi connectivity index (χ1n) is 8.65. The van der Waals surface area contributed by atoms with E-state index in [-0.39, 0.29) is 17.7 Å². The highest BCUT2D eigenvalue weighted by atomic mass is 16.2. The Morgan fingerprint density at radius 1 is 1.14 bits per heavy atom. The van der Waals surface area contributed by atoms with E-state index in [9.17, 15) is 9.59 Å². The Kier molecular flexibility index (Phi) is 6.64. The van der Waals surface area contributed by atoms with Crippen molar-refractivity contribution in [2.24, 2.45) is 5.92 Å². The van der Waals surface area contributed by atoms with E-state index in [2.05, 4.69) is 10.2 Å². The number of nitrogens with one attached hydrogen (secondary N) is 1. The van der Waals surface area contributed by atoms with Gasteiger partial charge in [-0.3, -0.25) is 14.5 Å². The zero-order chi connectivity index (χ0) is 15.9. The molecule has 2 saturated heterocycles. The summed E-state index contributed by atoms with van der Waals surface area (Å²) >= 11 is 0. The van der Waals surface area contributed by atoms with Gasteiger partial charge in [0, 0.05) is 45.8 Å². The molecule has 2 fully saturated rings. The third kappa shape index (κ3) is 4.43. The summed E-state index contributed by atoms with van der Waals surface area (Å²) in [5.74, 6) is 0.526. The zero-order valence-electron chi connectivity index (χ0n) is 14.0. The Morgan fingerprint density at radius 2 is 1.82 bits per heavy atom. The predicted octanol–water partition coefficient (Wildman–Crippen LogP) is -0.00140. The van der Waals surface area contributed by atoms with Crippen LogP contribution in [-0.2, 0) is 9.59 Å². The Morgan fingerprint density at radius 3 is 2.45 bits per heavy atom. The van der Waals surface area contributed by atoms with Crippen molar-refractivity contribution in [3.05, 3.63) is 0 Å². The highest BCUT2D eigenvalue weighted by Crippen LogP contribution is 2.19. The quantitative estimate of drug-likeness (QED) is 0.776. The van der Waals surface area contributed by atoms with Crippen LogP contribution in [0.4, 0.5) is 0 Å². The molecule has 1 N–H and O–H groups in total. The smallest absolute Gasteiger partial charge is 0.236 e. The Hall–Kier alpha value is -1.14. The Balaban J connectivity index is 1.85. The van der Waals surface area contributed by atoms with Crippen LogP contribution in [0.1, 0.15) is 26.7 Å². The molecule has 0 aliphatic carbocycles. The highest BCUT2D eigenvalue weighted by Gasteiger charge is 2.30. The first-order chi connectivity index (χ1) is 10.7. The third-order valence-corrected chi connectivity index (χ3v) is 4.76. The van der Waals surface area contributed by atoms with Crippen molar-refractivity contribution >= 4 is 11.8 Å². The van der Waals surface area contributed by atoms with Crippen LogP contribution in [0.25, 0.3) is 0 Å². The normalized spacial score (nSPS) is 23.4. The minimum atomic E-state index is 0.0661. The topological polar surface area (TPSA) is 55.9 Å². The summed E-state index contributed by atoms with van der Waals surface area (Å²) in [6.07, 6.45) is 1.97. The van der Waals surface area contributed by atoms with Crippen LogP contribution in [0.5, 0.6) is 0 Å². The van der Waals surface area contributed by atoms with Gasteiger partial charge in [-0.05, 0) is 33.2 Å². The molecule has 6 nitrogen and oxygen atoms in total. The van der Waals surface area contributed by atoms with Crippen molar-refractivity contribution in [3.63, 3.8) is 0 Å². The SMILES string of the molecule is CCN(CC)C(=O)CN1CCCC(C(=O)N2CCNCC2)C1. The molecule has 6 heteroatoms. The maximum atomic E-state index is 12.6. The molecule has 2 amide bonds. The molecule has 0 saturated carbocycles. The number of carbonyl (C=O) groups excluding carboxylic acids is 2. The van der Waals surface area contributed by atoms with Gasteiger partial charge < -0.3 is 15.1 Å². The lowest BCUT2D eigenvalue weighted by atomic mass is 9.96. The molecule has 126 valence electrons. The van der Waals surface area contributed by atoms with Gasteiger partial charge in [0.1, 0.15) is 0 Å². The summed E-state index contributed by atoms with van der Waals surface area (Å²) in [7, 11) is 0. The molecular formula is C16H30N4O2. The van der Waals surface area contributed by atoms with E-state index < -0.39 is 0 Å². The van der Waals surface area contributed by atoms with Crippen LogP contribution in [0, 0.1) is 5.92 Å². The lowest BCUT2D eigenvalue weighted by Gasteiger charge is -2.36. The van der Waals surface area contributed by atoms with Gasteiger partial charge in [0.2, 0.25) is 11.8 Å². The van der Waals surface area contributed by atoms with Crippen molar-refractivity contribution < 1.29 is 9.59 Å². The number of amides is 2. The van der Waals surface area contributed by atoms with Gasteiger partial charge in [-0.25, -0.2) is 0 Å². The lowest BCUT2D eigenvalue weighted by molar-refractivity contribution is -0.140. The largest absolute Gasteiger partial charge is 0.342 e. The maximum Gasteiger partial charge on any atom is 0.236 e. The first-order valence-corrected chi connectivity index (χ1v) is 8.65. The van der Waals surface area contributed by atoms with E-state index in [0.29, 0.717) is 6.54 Å². The van der Waals surface area contributed by atoms with Crippen LogP contribution in [0.2, 0.25) is 0 Å². The summed E-state index contributed by atoms with van der Waals surface area (Å²) in [6, 6.07) is 0. The van der Waals surface area contributed by atoms with Gasteiger partial charge in [0.05, 0.1) is 12.5 Å². The van der Waals surface area contributed by atoms with Gasteiger partial charge in [0.15, 0.2) is 0 Å². The molecular weight excluding hydrogens is 280 g/mol. The van der Waals surface area contributed by atoms with Crippen molar-refractivity contribution in [2.45, 2.75) is 26.7 Å². The molecule has 22 heavy (non-hydrogen) atoms. The number of likely N-dealkylation sites (N-methyl/N-ethyl adjacent to an activating group) is 1. The summed E-state index contributed by atoms with van der Waals surface area (Å²) in [6.45, 7) is 11.1. The Bertz CT molecular complexity index is 378. The summed E-state index contributed by atoms with van der Waals surface area (Å²) in [5, 5.41) is 3.28. The van der Waals surface area contributed by atoms with Crippen molar-refractivity contribution in [1.29, 1.82) is 0 Å². The molecule has 1 atom stereocenters. The number of likely N-dealkylation sites (tertiary alicyclic amines) is 1. The molecule has 2 aliphatic rings. The lowest BCUT2D eigenvalue weighted by Crippen LogP contribution is -2.52. The Labute approximate surface area is 133 Å². The molecule has 0 aromatic carbocycles. The second-order valence-corrected chi connectivity index (χ2v) is 6.22. The van der Waals surface area contributed by atoms with Crippen molar-refractivity contribution in [2.75, 3.05) is 58.9 Å². The summed E-state index contributed by atoms with van der Waals surface area (Å²) in [5.41, 5.74) is 0. The van der Waals surface area contributed by atoms with E-state index in [1.165, 1.54) is 0 Å². The van der Waals surface area contributed by atoms with Crippen LogP contribution >= 0.6 is 0 Å². The molecule has 0 spiro atoms. The van der Waals surface area contributed by atoms with Gasteiger partial charge >= 0.3 is 0 Å². The fourth-order valence-corrected chi connectivity index (χ4v) is 3.41. The third-order valence-electron chi connectivity index (χ3n) is 4.76. The molecule has 0 radical (unpaired) electrons.